The van der Waals surface area contributed by atoms with Crippen molar-refractivity contribution in [3.63, 3.8) is 0 Å². The van der Waals surface area contributed by atoms with Crippen LogP contribution in [0.15, 0.2) is 36.4 Å². The summed E-state index contributed by atoms with van der Waals surface area (Å²) in [7, 11) is 2.94. The number of para-hydroxylation sites is 1. The topological polar surface area (TPSA) is 126 Å². The van der Waals surface area contributed by atoms with Gasteiger partial charge in [0, 0.05) is 66.7 Å². The molecular weight excluding hydrogens is 576 g/mol. The summed E-state index contributed by atoms with van der Waals surface area (Å²) >= 11 is 6.44. The number of aliphatic hydroxyl groups is 2. The molecule has 2 aromatic carbocycles. The van der Waals surface area contributed by atoms with E-state index in [1.165, 1.54) is 19.1 Å². The van der Waals surface area contributed by atoms with Crippen molar-refractivity contribution in [2.75, 3.05) is 52.0 Å². The number of anilines is 1. The molecule has 1 fully saturated rings. The molecule has 0 aliphatic carbocycles. The highest BCUT2D eigenvalue weighted by Gasteiger charge is 2.34. The van der Waals surface area contributed by atoms with E-state index in [4.69, 9.17) is 25.8 Å². The summed E-state index contributed by atoms with van der Waals surface area (Å²) in [6.07, 6.45) is -0.145. The molecule has 0 saturated carbocycles. The van der Waals surface area contributed by atoms with Gasteiger partial charge in [-0.05, 0) is 31.9 Å². The van der Waals surface area contributed by atoms with Crippen LogP contribution in [-0.2, 0) is 19.1 Å². The lowest BCUT2D eigenvalue weighted by atomic mass is 9.92. The molecule has 0 unspecified atom stereocenters. The van der Waals surface area contributed by atoms with Crippen LogP contribution in [0.3, 0.4) is 0 Å². The Morgan fingerprint density at radius 2 is 1.79 bits per heavy atom. The first-order valence-electron chi connectivity index (χ1n) is 14.5. The van der Waals surface area contributed by atoms with E-state index in [0.29, 0.717) is 36.3 Å². The van der Waals surface area contributed by atoms with Gasteiger partial charge in [-0.15, -0.1) is 0 Å². The Balaban J connectivity index is 1.96. The zero-order valence-electron chi connectivity index (χ0n) is 25.6. The van der Waals surface area contributed by atoms with Crippen LogP contribution >= 0.6 is 11.6 Å². The number of piperidine rings is 1. The largest absolute Gasteiger partial charge is 0.496 e. The second-order valence-electron chi connectivity index (χ2n) is 11.4. The number of methoxy groups -OCH3 is 2. The standard InChI is InChI=1S/C32H43ClN2O8/c1-6-43-31(40)21-10-9-15-34(18-21)27(37)13-14-28(38)35(19-32(2,3)20-36)29-24(16-22(33)17-26(29)42-5)30(39)23-11-7-8-12-25(23)41-4/h7-8,11-12,16-17,21,30,36,39H,6,9-10,13-15,18-20H2,1-5H3/t21-,30+/m0/s1. The van der Waals surface area contributed by atoms with Crippen LogP contribution in [0.2, 0.25) is 5.02 Å². The van der Waals surface area contributed by atoms with Crippen molar-refractivity contribution in [1.29, 1.82) is 0 Å². The molecule has 236 valence electrons. The fourth-order valence-corrected chi connectivity index (χ4v) is 5.46. The fourth-order valence-electron chi connectivity index (χ4n) is 5.24. The van der Waals surface area contributed by atoms with Crippen LogP contribution in [0, 0.1) is 11.3 Å². The Hall–Kier alpha value is -3.34. The highest BCUT2D eigenvalue weighted by atomic mass is 35.5. The Morgan fingerprint density at radius 3 is 2.44 bits per heavy atom. The molecule has 0 radical (unpaired) electrons. The van der Waals surface area contributed by atoms with Crippen molar-refractivity contribution in [3.8, 4) is 11.5 Å². The van der Waals surface area contributed by atoms with Crippen molar-refractivity contribution in [2.24, 2.45) is 11.3 Å². The molecule has 1 saturated heterocycles. The lowest BCUT2D eigenvalue weighted by molar-refractivity contribution is -0.151. The van der Waals surface area contributed by atoms with Gasteiger partial charge in [0.15, 0.2) is 0 Å². The van der Waals surface area contributed by atoms with Gasteiger partial charge in [-0.2, -0.15) is 0 Å². The Labute approximate surface area is 258 Å². The van der Waals surface area contributed by atoms with Crippen LogP contribution in [0.1, 0.15) is 63.7 Å². The minimum atomic E-state index is -1.25. The van der Waals surface area contributed by atoms with Gasteiger partial charge in [0.25, 0.3) is 0 Å². The average Bonchev–Trinajstić information content (AvgIpc) is 3.01. The number of hydrogen-bond donors (Lipinski definition) is 2. The second-order valence-corrected chi connectivity index (χ2v) is 11.9. The molecule has 2 aromatic rings. The zero-order chi connectivity index (χ0) is 31.7. The van der Waals surface area contributed by atoms with E-state index in [-0.39, 0.29) is 73.4 Å². The quantitative estimate of drug-likeness (QED) is 0.317. The third kappa shape index (κ3) is 8.61. The number of ether oxygens (including phenoxy) is 3. The second kappa shape index (κ2) is 15.4. The number of benzene rings is 2. The third-order valence-corrected chi connectivity index (χ3v) is 7.77. The first-order chi connectivity index (χ1) is 20.5. The summed E-state index contributed by atoms with van der Waals surface area (Å²) < 4.78 is 16.3. The molecule has 0 bridgehead atoms. The predicted octanol–water partition coefficient (Wildman–Crippen LogP) is 4.37. The number of hydrogen-bond acceptors (Lipinski definition) is 8. The molecule has 0 spiro atoms. The van der Waals surface area contributed by atoms with Crippen LogP contribution in [0.5, 0.6) is 11.5 Å². The van der Waals surface area contributed by atoms with Gasteiger partial charge in [0.1, 0.15) is 17.6 Å². The van der Waals surface area contributed by atoms with Crippen LogP contribution < -0.4 is 14.4 Å². The molecule has 11 heteroatoms. The van der Waals surface area contributed by atoms with Crippen molar-refractivity contribution < 1.29 is 38.8 Å². The van der Waals surface area contributed by atoms with E-state index >= 15 is 0 Å². The lowest BCUT2D eigenvalue weighted by Crippen LogP contribution is -2.44. The van der Waals surface area contributed by atoms with Crippen LogP contribution in [-0.4, -0.2) is 80.0 Å². The first kappa shape index (κ1) is 34.2. The highest BCUT2D eigenvalue weighted by Crippen LogP contribution is 2.43. The summed E-state index contributed by atoms with van der Waals surface area (Å²) in [6.45, 7) is 6.24. The molecule has 1 aliphatic heterocycles. The number of aliphatic hydroxyl groups excluding tert-OH is 2. The van der Waals surface area contributed by atoms with E-state index in [0.717, 1.165) is 0 Å². The summed E-state index contributed by atoms with van der Waals surface area (Å²) in [6, 6.07) is 10.1. The molecule has 2 atom stereocenters. The van der Waals surface area contributed by atoms with Gasteiger partial charge >= 0.3 is 5.97 Å². The van der Waals surface area contributed by atoms with E-state index in [2.05, 4.69) is 0 Å². The van der Waals surface area contributed by atoms with Crippen molar-refractivity contribution in [1.82, 2.24) is 4.90 Å². The maximum absolute atomic E-state index is 14.0. The van der Waals surface area contributed by atoms with E-state index < -0.39 is 17.4 Å². The number of carbonyl (C=O) groups excluding carboxylic acids is 3. The minimum Gasteiger partial charge on any atom is -0.496 e. The normalized spacial score (nSPS) is 15.9. The van der Waals surface area contributed by atoms with E-state index in [1.54, 1.807) is 62.1 Å². The molecule has 2 amide bonds. The highest BCUT2D eigenvalue weighted by molar-refractivity contribution is 6.31. The summed E-state index contributed by atoms with van der Waals surface area (Å²) in [5.74, 6) is -0.638. The van der Waals surface area contributed by atoms with Crippen LogP contribution in [0.25, 0.3) is 0 Å². The maximum Gasteiger partial charge on any atom is 0.310 e. The van der Waals surface area contributed by atoms with Gasteiger partial charge in [-0.25, -0.2) is 0 Å². The number of halogens is 1. The Bertz CT molecular complexity index is 1280. The summed E-state index contributed by atoms with van der Waals surface area (Å²) in [5, 5.41) is 22.0. The number of likely N-dealkylation sites (tertiary alicyclic amines) is 1. The van der Waals surface area contributed by atoms with Crippen molar-refractivity contribution in [3.05, 3.63) is 52.5 Å². The monoisotopic (exact) mass is 618 g/mol. The van der Waals surface area contributed by atoms with E-state index in [9.17, 15) is 24.6 Å². The Kier molecular flexibility index (Phi) is 12.2. The van der Waals surface area contributed by atoms with Crippen molar-refractivity contribution >= 4 is 35.1 Å². The number of carbonyl (C=O) groups is 3. The van der Waals surface area contributed by atoms with Gasteiger partial charge < -0.3 is 34.2 Å². The summed E-state index contributed by atoms with van der Waals surface area (Å²) in [5.41, 5.74) is 0.303. The number of rotatable bonds is 13. The van der Waals surface area contributed by atoms with Gasteiger partial charge in [-0.3, -0.25) is 14.4 Å². The van der Waals surface area contributed by atoms with Gasteiger partial charge in [0.05, 0.1) is 32.4 Å². The van der Waals surface area contributed by atoms with Gasteiger partial charge in [0.2, 0.25) is 11.8 Å². The third-order valence-electron chi connectivity index (χ3n) is 7.55. The molecule has 1 aliphatic rings. The van der Waals surface area contributed by atoms with Crippen molar-refractivity contribution in [2.45, 2.75) is 52.6 Å². The summed E-state index contributed by atoms with van der Waals surface area (Å²) in [4.78, 5) is 42.5. The Morgan fingerprint density at radius 1 is 1.09 bits per heavy atom. The van der Waals surface area contributed by atoms with E-state index in [1.807, 2.05) is 0 Å². The lowest BCUT2D eigenvalue weighted by Gasteiger charge is -2.35. The predicted molar refractivity (Wildman–Crippen MR) is 163 cm³/mol. The fraction of sp³-hybridized carbons (Fsp3) is 0.531. The van der Waals surface area contributed by atoms with Crippen LogP contribution in [0.4, 0.5) is 5.69 Å². The first-order valence-corrected chi connectivity index (χ1v) is 14.9. The SMILES string of the molecule is CCOC(=O)[C@H]1CCCN(C(=O)CCC(=O)N(CC(C)(C)CO)c2c(OC)cc(Cl)cc2[C@H](O)c2ccccc2OC)C1. The maximum atomic E-state index is 14.0. The van der Waals surface area contributed by atoms with Gasteiger partial charge in [-0.1, -0.05) is 43.6 Å². The molecular formula is C32H43ClN2O8. The smallest absolute Gasteiger partial charge is 0.310 e. The minimum absolute atomic E-state index is 0.0643. The zero-order valence-corrected chi connectivity index (χ0v) is 26.4. The molecule has 43 heavy (non-hydrogen) atoms. The number of amides is 2. The molecule has 1 heterocycles. The molecule has 0 aromatic heterocycles. The molecule has 2 N–H and O–H groups in total. The molecule has 10 nitrogen and oxygen atoms in total. The molecule has 3 rings (SSSR count). The average molecular weight is 619 g/mol. The number of nitrogens with zero attached hydrogens (tertiary/aromatic N) is 2. The number of esters is 1.